The van der Waals surface area contributed by atoms with Crippen LogP contribution in [0.1, 0.15) is 99.5 Å². The molecule has 2 fully saturated rings. The summed E-state index contributed by atoms with van der Waals surface area (Å²) in [6.45, 7) is 16.7. The van der Waals surface area contributed by atoms with E-state index in [0.717, 1.165) is 51.4 Å². The lowest BCUT2D eigenvalue weighted by Crippen LogP contribution is -2.68. The Kier molecular flexibility index (Phi) is 10.3. The number of unbranched alkanes of at least 4 members (excludes halogenated alkanes) is 1. The van der Waals surface area contributed by atoms with Crippen LogP contribution in [0.15, 0.2) is 30.3 Å². The van der Waals surface area contributed by atoms with Gasteiger partial charge in [0.25, 0.3) is 0 Å². The Hall–Kier alpha value is -1.90. The number of hydrogen-bond acceptors (Lipinski definition) is 5. The van der Waals surface area contributed by atoms with Crippen LogP contribution in [0.25, 0.3) is 0 Å². The van der Waals surface area contributed by atoms with Gasteiger partial charge >= 0.3 is 7.12 Å². The standard InChI is InChI=1S/C31H52BN3O4/c1-23(36)34-31(27(37)35-28(2,3)4,18-12-13-19-32-38-29(5,6)30(7,8)39-32)25-21-26(22-25)33-20-14-17-24-15-10-9-11-16-24/h9-11,15-16,25-26,33H,12-14,17-22H2,1-8H3,(H,34,36)(H,35,37)/t25-,26-,31-/m1/s1. The van der Waals surface area contributed by atoms with E-state index in [1.807, 2.05) is 26.8 Å². The number of carbonyl (C=O) groups excluding carboxylic acids is 2. The largest absolute Gasteiger partial charge is 0.457 e. The first-order valence-electron chi connectivity index (χ1n) is 14.9. The van der Waals surface area contributed by atoms with Crippen molar-refractivity contribution in [3.63, 3.8) is 0 Å². The molecule has 2 amide bonds. The second kappa shape index (κ2) is 12.7. The van der Waals surface area contributed by atoms with E-state index in [1.54, 1.807) is 0 Å². The maximum absolute atomic E-state index is 13.8. The Labute approximate surface area is 237 Å². The average Bonchev–Trinajstić information content (AvgIpc) is 2.99. The fourth-order valence-electron chi connectivity index (χ4n) is 5.72. The number of carbonyl (C=O) groups is 2. The smallest absolute Gasteiger partial charge is 0.403 e. The van der Waals surface area contributed by atoms with Crippen LogP contribution in [0.3, 0.4) is 0 Å². The molecule has 1 aliphatic heterocycles. The maximum atomic E-state index is 13.8. The van der Waals surface area contributed by atoms with Crippen LogP contribution in [0.2, 0.25) is 6.32 Å². The normalized spacial score (nSPS) is 23.5. The van der Waals surface area contributed by atoms with Gasteiger partial charge in [-0.05, 0) is 105 Å². The first-order chi connectivity index (χ1) is 18.1. The van der Waals surface area contributed by atoms with Gasteiger partial charge in [-0.1, -0.05) is 43.2 Å². The van der Waals surface area contributed by atoms with Gasteiger partial charge < -0.3 is 25.3 Å². The van der Waals surface area contributed by atoms with Gasteiger partial charge in [-0.15, -0.1) is 0 Å². The predicted molar refractivity (Wildman–Crippen MR) is 158 cm³/mol. The summed E-state index contributed by atoms with van der Waals surface area (Å²) in [6.07, 6.45) is 6.89. The molecular formula is C31H52BN3O4. The molecule has 0 radical (unpaired) electrons. The fourth-order valence-corrected chi connectivity index (χ4v) is 5.72. The number of nitrogens with one attached hydrogen (secondary N) is 3. The van der Waals surface area contributed by atoms with Gasteiger partial charge in [0.2, 0.25) is 11.8 Å². The summed E-state index contributed by atoms with van der Waals surface area (Å²) in [5.41, 5.74) is -0.646. The Morgan fingerprint density at radius 1 is 0.949 bits per heavy atom. The van der Waals surface area contributed by atoms with E-state index in [-0.39, 0.29) is 41.6 Å². The van der Waals surface area contributed by atoms with E-state index in [4.69, 9.17) is 9.31 Å². The minimum absolute atomic E-state index is 0.0756. The van der Waals surface area contributed by atoms with Crippen molar-refractivity contribution in [3.8, 4) is 0 Å². The molecular weight excluding hydrogens is 489 g/mol. The lowest BCUT2D eigenvalue weighted by atomic mass is 9.64. The summed E-state index contributed by atoms with van der Waals surface area (Å²) >= 11 is 0. The van der Waals surface area contributed by atoms with Crippen molar-refractivity contribution in [1.29, 1.82) is 0 Å². The van der Waals surface area contributed by atoms with E-state index in [9.17, 15) is 9.59 Å². The molecule has 0 spiro atoms. The highest BCUT2D eigenvalue weighted by atomic mass is 16.7. The number of aryl methyl sites for hydroxylation is 1. The second-order valence-corrected chi connectivity index (χ2v) is 13.7. The van der Waals surface area contributed by atoms with Gasteiger partial charge in [0, 0.05) is 18.5 Å². The maximum Gasteiger partial charge on any atom is 0.457 e. The molecule has 1 atom stereocenters. The van der Waals surface area contributed by atoms with Crippen molar-refractivity contribution in [1.82, 2.24) is 16.0 Å². The minimum Gasteiger partial charge on any atom is -0.403 e. The third-order valence-electron chi connectivity index (χ3n) is 8.61. The zero-order valence-electron chi connectivity index (χ0n) is 25.6. The fraction of sp³-hybridized carbons (Fsp3) is 0.742. The summed E-state index contributed by atoms with van der Waals surface area (Å²) in [7, 11) is -0.248. The van der Waals surface area contributed by atoms with Gasteiger partial charge in [-0.2, -0.15) is 0 Å². The molecule has 1 aliphatic carbocycles. The number of rotatable bonds is 13. The third-order valence-corrected chi connectivity index (χ3v) is 8.61. The van der Waals surface area contributed by atoms with Crippen LogP contribution in [-0.4, -0.2) is 53.8 Å². The van der Waals surface area contributed by atoms with Gasteiger partial charge in [0.05, 0.1) is 11.2 Å². The molecule has 1 saturated carbocycles. The van der Waals surface area contributed by atoms with E-state index in [0.29, 0.717) is 12.5 Å². The lowest BCUT2D eigenvalue weighted by Gasteiger charge is -2.49. The van der Waals surface area contributed by atoms with Gasteiger partial charge in [-0.3, -0.25) is 9.59 Å². The van der Waals surface area contributed by atoms with E-state index in [2.05, 4.69) is 67.9 Å². The highest BCUT2D eigenvalue weighted by Gasteiger charge is 2.53. The Morgan fingerprint density at radius 3 is 2.13 bits per heavy atom. The molecule has 1 heterocycles. The Bertz CT molecular complexity index is 940. The second-order valence-electron chi connectivity index (χ2n) is 13.7. The van der Waals surface area contributed by atoms with E-state index >= 15 is 0 Å². The van der Waals surface area contributed by atoms with Gasteiger partial charge in [0.15, 0.2) is 0 Å². The van der Waals surface area contributed by atoms with E-state index < -0.39 is 5.54 Å². The summed E-state index contributed by atoms with van der Waals surface area (Å²) in [4.78, 5) is 26.2. The molecule has 0 aromatic heterocycles. The first kappa shape index (κ1) is 31.6. The van der Waals surface area contributed by atoms with Crippen LogP contribution >= 0.6 is 0 Å². The SMILES string of the molecule is CC(=O)N[C@@](CCCCB1OC(C)(C)C(C)(C)O1)(C(=O)NC(C)(C)C)[C@H]1C[C@H](NCCCc2ccccc2)C1. The summed E-state index contributed by atoms with van der Waals surface area (Å²) in [5, 5.41) is 9.99. The average molecular weight is 542 g/mol. The molecule has 3 rings (SSSR count). The molecule has 39 heavy (non-hydrogen) atoms. The summed E-state index contributed by atoms with van der Waals surface area (Å²) < 4.78 is 12.3. The van der Waals surface area contributed by atoms with Crippen LogP contribution in [-0.2, 0) is 25.3 Å². The monoisotopic (exact) mass is 541 g/mol. The van der Waals surface area contributed by atoms with Crippen molar-refractivity contribution < 1.29 is 18.9 Å². The molecule has 7 nitrogen and oxygen atoms in total. The Balaban J connectivity index is 1.59. The highest BCUT2D eigenvalue weighted by molar-refractivity contribution is 6.45. The van der Waals surface area contributed by atoms with E-state index in [1.165, 1.54) is 12.5 Å². The van der Waals surface area contributed by atoms with Crippen LogP contribution in [0, 0.1) is 5.92 Å². The lowest BCUT2D eigenvalue weighted by molar-refractivity contribution is -0.139. The molecule has 0 unspecified atom stereocenters. The molecule has 1 saturated heterocycles. The predicted octanol–water partition coefficient (Wildman–Crippen LogP) is 5.04. The van der Waals surface area contributed by atoms with Crippen LogP contribution in [0.4, 0.5) is 0 Å². The van der Waals surface area contributed by atoms with Crippen molar-refractivity contribution >= 4 is 18.9 Å². The van der Waals surface area contributed by atoms with Crippen molar-refractivity contribution in [2.45, 2.75) is 135 Å². The minimum atomic E-state index is -0.919. The molecule has 1 aromatic carbocycles. The third kappa shape index (κ3) is 8.54. The van der Waals surface area contributed by atoms with Crippen molar-refractivity contribution in [3.05, 3.63) is 35.9 Å². The van der Waals surface area contributed by atoms with Crippen molar-refractivity contribution in [2.24, 2.45) is 5.92 Å². The number of hydrogen-bond donors (Lipinski definition) is 3. The van der Waals surface area contributed by atoms with Crippen LogP contribution < -0.4 is 16.0 Å². The zero-order chi connectivity index (χ0) is 28.9. The molecule has 218 valence electrons. The molecule has 3 N–H and O–H groups in total. The summed E-state index contributed by atoms with van der Waals surface area (Å²) in [6, 6.07) is 10.9. The number of benzene rings is 1. The topological polar surface area (TPSA) is 88.7 Å². The van der Waals surface area contributed by atoms with Crippen LogP contribution in [0.5, 0.6) is 0 Å². The van der Waals surface area contributed by atoms with Gasteiger partial charge in [-0.25, -0.2) is 0 Å². The highest BCUT2D eigenvalue weighted by Crippen LogP contribution is 2.41. The molecule has 0 bridgehead atoms. The molecule has 8 heteroatoms. The van der Waals surface area contributed by atoms with Gasteiger partial charge in [0.1, 0.15) is 5.54 Å². The first-order valence-corrected chi connectivity index (χ1v) is 14.9. The van der Waals surface area contributed by atoms with Crippen molar-refractivity contribution in [2.75, 3.05) is 6.54 Å². The summed E-state index contributed by atoms with van der Waals surface area (Å²) in [5.74, 6) is -0.148. The molecule has 2 aliphatic rings. The quantitative estimate of drug-likeness (QED) is 0.241. The zero-order valence-corrected chi connectivity index (χ0v) is 25.6. The molecule has 1 aromatic rings. The Morgan fingerprint density at radius 2 is 1.56 bits per heavy atom. The number of amides is 2.